The third kappa shape index (κ3) is 5.31. The SMILES string of the molecule is Cc1ccc(-c2cccc3c(C(=O)NCCCN4CCCCCC4)cc(C)nc23)cc1. The smallest absolute Gasteiger partial charge is 0.252 e. The molecule has 1 aromatic heterocycles. The molecule has 1 saturated heterocycles. The van der Waals surface area contributed by atoms with Crippen molar-refractivity contribution in [1.82, 2.24) is 15.2 Å². The first kappa shape index (κ1) is 21.5. The largest absolute Gasteiger partial charge is 0.352 e. The zero-order valence-corrected chi connectivity index (χ0v) is 18.8. The Balaban J connectivity index is 1.50. The molecule has 4 heteroatoms. The average Bonchev–Trinajstić information content (AvgIpc) is 3.05. The van der Waals surface area contributed by atoms with Gasteiger partial charge in [0.25, 0.3) is 5.91 Å². The van der Waals surface area contributed by atoms with E-state index in [1.165, 1.54) is 44.3 Å². The van der Waals surface area contributed by atoms with Gasteiger partial charge in [-0.2, -0.15) is 0 Å². The molecule has 4 nitrogen and oxygen atoms in total. The summed E-state index contributed by atoms with van der Waals surface area (Å²) in [5, 5.41) is 4.06. The Labute approximate surface area is 185 Å². The Hall–Kier alpha value is -2.72. The van der Waals surface area contributed by atoms with Crippen molar-refractivity contribution < 1.29 is 4.79 Å². The van der Waals surface area contributed by atoms with Crippen LogP contribution in [-0.4, -0.2) is 42.0 Å². The molecule has 1 fully saturated rings. The number of para-hydroxylation sites is 1. The molecule has 3 aromatic rings. The molecule has 0 unspecified atom stereocenters. The lowest BCUT2D eigenvalue weighted by Crippen LogP contribution is -2.30. The highest BCUT2D eigenvalue weighted by Gasteiger charge is 2.15. The lowest BCUT2D eigenvalue weighted by Gasteiger charge is -2.19. The van der Waals surface area contributed by atoms with Crippen molar-refractivity contribution in [3.05, 3.63) is 65.4 Å². The molecular weight excluding hydrogens is 382 g/mol. The maximum atomic E-state index is 13.1. The van der Waals surface area contributed by atoms with Crippen LogP contribution in [0.2, 0.25) is 0 Å². The molecule has 31 heavy (non-hydrogen) atoms. The first-order valence-electron chi connectivity index (χ1n) is 11.6. The number of carbonyl (C=O) groups is 1. The van der Waals surface area contributed by atoms with Crippen LogP contribution in [-0.2, 0) is 0 Å². The highest BCUT2D eigenvalue weighted by molar-refractivity contribution is 6.09. The number of nitrogens with zero attached hydrogens (tertiary/aromatic N) is 2. The minimum atomic E-state index is -0.00702. The molecule has 2 aromatic carbocycles. The molecule has 0 spiro atoms. The van der Waals surface area contributed by atoms with E-state index in [0.717, 1.165) is 40.7 Å². The number of rotatable bonds is 6. The van der Waals surface area contributed by atoms with E-state index in [2.05, 4.69) is 47.5 Å². The van der Waals surface area contributed by atoms with Gasteiger partial charge in [-0.3, -0.25) is 9.78 Å². The van der Waals surface area contributed by atoms with Gasteiger partial charge in [-0.25, -0.2) is 0 Å². The molecule has 0 bridgehead atoms. The first-order chi connectivity index (χ1) is 15.1. The van der Waals surface area contributed by atoms with Crippen LogP contribution in [0.4, 0.5) is 0 Å². The molecule has 1 N–H and O–H groups in total. The van der Waals surface area contributed by atoms with Gasteiger partial charge in [-0.05, 0) is 64.4 Å². The van der Waals surface area contributed by atoms with E-state index in [4.69, 9.17) is 4.98 Å². The summed E-state index contributed by atoms with van der Waals surface area (Å²) in [4.78, 5) is 20.4. The van der Waals surface area contributed by atoms with Crippen LogP contribution >= 0.6 is 0 Å². The van der Waals surface area contributed by atoms with E-state index in [9.17, 15) is 4.79 Å². The van der Waals surface area contributed by atoms with E-state index in [-0.39, 0.29) is 5.91 Å². The molecule has 0 atom stereocenters. The predicted octanol–water partition coefficient (Wildman–Crippen LogP) is 5.51. The minimum absolute atomic E-state index is 0.00702. The number of hydrogen-bond donors (Lipinski definition) is 1. The molecule has 2 heterocycles. The topological polar surface area (TPSA) is 45.2 Å². The van der Waals surface area contributed by atoms with Crippen molar-refractivity contribution in [3.8, 4) is 11.1 Å². The summed E-state index contributed by atoms with van der Waals surface area (Å²) in [6, 6.07) is 16.5. The Kier molecular flexibility index (Phi) is 6.98. The Bertz CT molecular complexity index is 1030. The summed E-state index contributed by atoms with van der Waals surface area (Å²) in [5.41, 5.74) is 5.89. The van der Waals surface area contributed by atoms with Gasteiger partial charge < -0.3 is 10.2 Å². The maximum Gasteiger partial charge on any atom is 0.252 e. The third-order valence-corrected chi connectivity index (χ3v) is 6.21. The van der Waals surface area contributed by atoms with Gasteiger partial charge in [-0.15, -0.1) is 0 Å². The van der Waals surface area contributed by atoms with Crippen LogP contribution in [0.1, 0.15) is 53.7 Å². The van der Waals surface area contributed by atoms with Crippen LogP contribution in [0.3, 0.4) is 0 Å². The van der Waals surface area contributed by atoms with Gasteiger partial charge in [-0.1, -0.05) is 60.9 Å². The Morgan fingerprint density at radius 3 is 2.48 bits per heavy atom. The molecule has 162 valence electrons. The number of likely N-dealkylation sites (tertiary alicyclic amines) is 1. The van der Waals surface area contributed by atoms with Crippen molar-refractivity contribution in [3.63, 3.8) is 0 Å². The number of fused-ring (bicyclic) bond motifs is 1. The predicted molar refractivity (Wildman–Crippen MR) is 129 cm³/mol. The summed E-state index contributed by atoms with van der Waals surface area (Å²) >= 11 is 0. The van der Waals surface area contributed by atoms with Gasteiger partial charge in [0.05, 0.1) is 11.1 Å². The highest BCUT2D eigenvalue weighted by atomic mass is 16.1. The molecule has 0 aliphatic carbocycles. The number of benzene rings is 2. The molecule has 1 aliphatic heterocycles. The zero-order chi connectivity index (χ0) is 21.6. The fourth-order valence-corrected chi connectivity index (χ4v) is 4.49. The fraction of sp³-hybridized carbons (Fsp3) is 0.407. The molecule has 1 aliphatic rings. The lowest BCUT2D eigenvalue weighted by molar-refractivity contribution is 0.0953. The van der Waals surface area contributed by atoms with Crippen LogP contribution in [0.5, 0.6) is 0 Å². The summed E-state index contributed by atoms with van der Waals surface area (Å²) in [6.45, 7) is 8.21. The Morgan fingerprint density at radius 2 is 1.74 bits per heavy atom. The molecule has 1 amide bonds. The number of hydrogen-bond acceptors (Lipinski definition) is 3. The number of aryl methyl sites for hydroxylation is 2. The first-order valence-corrected chi connectivity index (χ1v) is 11.6. The van der Waals surface area contributed by atoms with Gasteiger partial charge in [0.15, 0.2) is 0 Å². The van der Waals surface area contributed by atoms with Crippen LogP contribution in [0, 0.1) is 13.8 Å². The van der Waals surface area contributed by atoms with Crippen molar-refractivity contribution >= 4 is 16.8 Å². The van der Waals surface area contributed by atoms with Gasteiger partial charge in [0.2, 0.25) is 0 Å². The minimum Gasteiger partial charge on any atom is -0.352 e. The van der Waals surface area contributed by atoms with Crippen molar-refractivity contribution in [2.75, 3.05) is 26.2 Å². The van der Waals surface area contributed by atoms with E-state index in [1.807, 2.05) is 25.1 Å². The number of aromatic nitrogens is 1. The van der Waals surface area contributed by atoms with E-state index in [1.54, 1.807) is 0 Å². The average molecular weight is 416 g/mol. The molecule has 0 radical (unpaired) electrons. The lowest BCUT2D eigenvalue weighted by atomic mass is 9.98. The normalized spacial score (nSPS) is 15.0. The third-order valence-electron chi connectivity index (χ3n) is 6.21. The van der Waals surface area contributed by atoms with Crippen LogP contribution in [0.15, 0.2) is 48.5 Å². The summed E-state index contributed by atoms with van der Waals surface area (Å²) in [5.74, 6) is -0.00702. The molecule has 4 rings (SSSR count). The van der Waals surface area contributed by atoms with E-state index < -0.39 is 0 Å². The van der Waals surface area contributed by atoms with Crippen LogP contribution < -0.4 is 5.32 Å². The molecule has 0 saturated carbocycles. The van der Waals surface area contributed by atoms with Crippen LogP contribution in [0.25, 0.3) is 22.0 Å². The number of nitrogens with one attached hydrogen (secondary N) is 1. The summed E-state index contributed by atoms with van der Waals surface area (Å²) < 4.78 is 0. The summed E-state index contributed by atoms with van der Waals surface area (Å²) in [6.07, 6.45) is 6.30. The van der Waals surface area contributed by atoms with Gasteiger partial charge in [0, 0.05) is 23.2 Å². The fourth-order valence-electron chi connectivity index (χ4n) is 4.49. The van der Waals surface area contributed by atoms with Gasteiger partial charge in [0.1, 0.15) is 0 Å². The second-order valence-corrected chi connectivity index (χ2v) is 8.74. The van der Waals surface area contributed by atoms with E-state index >= 15 is 0 Å². The number of amides is 1. The second kappa shape index (κ2) is 10.1. The van der Waals surface area contributed by atoms with Crippen molar-refractivity contribution in [2.24, 2.45) is 0 Å². The highest BCUT2D eigenvalue weighted by Crippen LogP contribution is 2.30. The van der Waals surface area contributed by atoms with Gasteiger partial charge >= 0.3 is 0 Å². The van der Waals surface area contributed by atoms with E-state index in [0.29, 0.717) is 12.1 Å². The second-order valence-electron chi connectivity index (χ2n) is 8.74. The number of pyridine rings is 1. The summed E-state index contributed by atoms with van der Waals surface area (Å²) in [7, 11) is 0. The quantitative estimate of drug-likeness (QED) is 0.540. The monoisotopic (exact) mass is 415 g/mol. The van der Waals surface area contributed by atoms with Crippen molar-refractivity contribution in [2.45, 2.75) is 46.0 Å². The maximum absolute atomic E-state index is 13.1. The van der Waals surface area contributed by atoms with Crippen molar-refractivity contribution in [1.29, 1.82) is 0 Å². The Morgan fingerprint density at radius 1 is 1.00 bits per heavy atom. The standard InChI is InChI=1S/C27H33N3O/c1-20-11-13-22(14-12-20)23-9-7-10-24-25(19-21(2)29-26(23)24)27(31)28-15-8-18-30-16-5-3-4-6-17-30/h7,9-14,19H,3-6,8,15-18H2,1-2H3,(H,28,31). The number of carbonyl (C=O) groups excluding carboxylic acids is 1. The zero-order valence-electron chi connectivity index (χ0n) is 18.8. The molecular formula is C27H33N3O.